The topological polar surface area (TPSA) is 67.8 Å². The number of hydrogen-bond donors (Lipinski definition) is 0. The van der Waals surface area contributed by atoms with Crippen molar-refractivity contribution in [1.29, 1.82) is 0 Å². The molecule has 2 aliphatic rings. The predicted octanol–water partition coefficient (Wildman–Crippen LogP) is 13.0. The Bertz CT molecular complexity index is 2760. The Balaban J connectivity index is 0.887. The first-order chi connectivity index (χ1) is 26.5. The summed E-state index contributed by atoms with van der Waals surface area (Å²) in [4.78, 5) is 14.3. The van der Waals surface area contributed by atoms with Crippen molar-refractivity contribution in [3.63, 3.8) is 0 Å². The van der Waals surface area contributed by atoms with E-state index < -0.39 is 0 Å². The lowest BCUT2D eigenvalue weighted by Crippen LogP contribution is -2.30. The highest BCUT2D eigenvalue weighted by molar-refractivity contribution is 5.92. The zero-order chi connectivity index (χ0) is 36.0. The molecule has 9 aromatic rings. The van der Waals surface area contributed by atoms with Crippen molar-refractivity contribution in [3.05, 3.63) is 169 Å². The Labute approximate surface area is 311 Å². The van der Waals surface area contributed by atoms with E-state index in [0.29, 0.717) is 34.0 Å². The smallest absolute Gasteiger partial charge is 0.227 e. The maximum Gasteiger partial charge on any atom is 0.227 e. The molecule has 54 heavy (non-hydrogen) atoms. The van der Waals surface area contributed by atoms with E-state index in [1.54, 1.807) is 0 Å². The van der Waals surface area contributed by atoms with Crippen LogP contribution in [0.5, 0.6) is 11.5 Å². The molecule has 11 rings (SSSR count). The number of nitrogens with zero attached hydrogens (tertiary/aromatic N) is 4. The summed E-state index contributed by atoms with van der Waals surface area (Å²) in [7, 11) is 0. The van der Waals surface area contributed by atoms with Crippen LogP contribution in [0.1, 0.15) is 25.0 Å². The van der Waals surface area contributed by atoms with Gasteiger partial charge in [-0.15, -0.1) is 0 Å². The van der Waals surface area contributed by atoms with Gasteiger partial charge in [0.15, 0.2) is 22.7 Å². The molecule has 0 amide bonds. The minimum atomic E-state index is -0.106. The summed E-state index contributed by atoms with van der Waals surface area (Å²) < 4.78 is 18.8. The molecule has 0 bridgehead atoms. The fraction of sp³-hybridized carbons (Fsp3) is 0.0638. The number of rotatable bonds is 4. The summed E-state index contributed by atoms with van der Waals surface area (Å²) in [5, 5.41) is 0. The van der Waals surface area contributed by atoms with Crippen molar-refractivity contribution >= 4 is 56.3 Å². The lowest BCUT2D eigenvalue weighted by atomic mass is 9.73. The molecule has 0 aliphatic carbocycles. The molecule has 0 N–H and O–H groups in total. The van der Waals surface area contributed by atoms with Crippen molar-refractivity contribution < 1.29 is 13.6 Å². The molecule has 2 aliphatic heterocycles. The van der Waals surface area contributed by atoms with Crippen LogP contribution in [0.15, 0.2) is 167 Å². The van der Waals surface area contributed by atoms with E-state index >= 15 is 0 Å². The van der Waals surface area contributed by atoms with Crippen LogP contribution in [0.2, 0.25) is 0 Å². The van der Waals surface area contributed by atoms with Crippen LogP contribution in [0.25, 0.3) is 45.1 Å². The van der Waals surface area contributed by atoms with Gasteiger partial charge in [-0.2, -0.15) is 0 Å². The average Bonchev–Trinajstić information content (AvgIpc) is 3.83. The molecule has 7 heteroatoms. The highest BCUT2D eigenvalue weighted by Gasteiger charge is 2.36. The van der Waals surface area contributed by atoms with Gasteiger partial charge in [-0.25, -0.2) is 9.97 Å². The van der Waals surface area contributed by atoms with Crippen LogP contribution in [0.4, 0.5) is 34.1 Å². The van der Waals surface area contributed by atoms with Crippen molar-refractivity contribution in [3.8, 4) is 34.4 Å². The quantitative estimate of drug-likeness (QED) is 0.181. The average molecular weight is 701 g/mol. The summed E-state index contributed by atoms with van der Waals surface area (Å²) in [6.45, 7) is 4.60. The van der Waals surface area contributed by atoms with Crippen molar-refractivity contribution in [2.45, 2.75) is 19.3 Å². The Kier molecular flexibility index (Phi) is 6.46. The van der Waals surface area contributed by atoms with E-state index in [-0.39, 0.29) is 5.41 Å². The number of para-hydroxylation sites is 6. The predicted molar refractivity (Wildman–Crippen MR) is 214 cm³/mol. The van der Waals surface area contributed by atoms with Crippen LogP contribution in [-0.4, -0.2) is 9.97 Å². The van der Waals surface area contributed by atoms with E-state index in [1.165, 1.54) is 22.5 Å². The molecule has 0 fully saturated rings. The number of aromatic nitrogens is 2. The first-order valence-electron chi connectivity index (χ1n) is 18.1. The normalized spacial score (nSPS) is 14.0. The van der Waals surface area contributed by atoms with E-state index in [9.17, 15) is 0 Å². The molecule has 0 spiro atoms. The van der Waals surface area contributed by atoms with Crippen LogP contribution in [0, 0.1) is 0 Å². The molecular weight excluding hydrogens is 669 g/mol. The van der Waals surface area contributed by atoms with Crippen LogP contribution in [-0.2, 0) is 5.41 Å². The van der Waals surface area contributed by atoms with E-state index in [4.69, 9.17) is 23.5 Å². The summed E-state index contributed by atoms with van der Waals surface area (Å²) in [5.74, 6) is 2.71. The molecular formula is C47H32N4O3. The van der Waals surface area contributed by atoms with Gasteiger partial charge in [0.1, 0.15) is 11.0 Å². The maximum absolute atomic E-state index is 6.32. The Morgan fingerprint density at radius 3 is 1.30 bits per heavy atom. The number of hydrogen-bond acceptors (Lipinski definition) is 7. The molecule has 0 unspecified atom stereocenters. The summed E-state index contributed by atoms with van der Waals surface area (Å²) in [6.07, 6.45) is 0. The van der Waals surface area contributed by atoms with Gasteiger partial charge in [0.05, 0.1) is 22.7 Å². The summed E-state index contributed by atoms with van der Waals surface area (Å²) in [5.41, 5.74) is 13.4. The number of benzene rings is 7. The zero-order valence-electron chi connectivity index (χ0n) is 29.5. The third-order valence-electron chi connectivity index (χ3n) is 10.7. The minimum absolute atomic E-state index is 0.106. The number of anilines is 6. The Morgan fingerprint density at radius 1 is 0.444 bits per heavy atom. The Morgan fingerprint density at radius 2 is 0.833 bits per heavy atom. The fourth-order valence-electron chi connectivity index (χ4n) is 8.03. The lowest BCUT2D eigenvalue weighted by Gasteiger charge is -2.42. The molecule has 4 heterocycles. The van der Waals surface area contributed by atoms with Gasteiger partial charge in [0, 0.05) is 40.0 Å². The van der Waals surface area contributed by atoms with Gasteiger partial charge in [0.25, 0.3) is 0 Å². The standard InChI is InChI=1S/C47H32N4O3/c1-47(2)33-11-3-5-13-37(33)50(38-14-6-4-12-34(38)47)31-23-19-29(20-24-31)45-48-35-27-44-36(28-43(35)53-45)49-46(54-44)30-21-25-32(26-22-30)51-39-15-7-9-17-41(39)52-42-18-10-8-16-40(42)51/h3-28H,1-2H3. The summed E-state index contributed by atoms with van der Waals surface area (Å²) >= 11 is 0. The van der Waals surface area contributed by atoms with Crippen molar-refractivity contribution in [2.75, 3.05) is 9.80 Å². The second-order valence-electron chi connectivity index (χ2n) is 14.3. The van der Waals surface area contributed by atoms with E-state index in [1.807, 2.05) is 60.7 Å². The number of ether oxygens (including phenoxy) is 1. The second kappa shape index (κ2) is 11.4. The highest BCUT2D eigenvalue weighted by atomic mass is 16.5. The zero-order valence-corrected chi connectivity index (χ0v) is 29.5. The van der Waals surface area contributed by atoms with Gasteiger partial charge in [-0.05, 0) is 96.1 Å². The fourth-order valence-corrected chi connectivity index (χ4v) is 8.03. The van der Waals surface area contributed by atoms with Gasteiger partial charge >= 0.3 is 0 Å². The molecule has 7 nitrogen and oxygen atoms in total. The van der Waals surface area contributed by atoms with Gasteiger partial charge < -0.3 is 23.4 Å². The van der Waals surface area contributed by atoms with Crippen LogP contribution in [0.3, 0.4) is 0 Å². The Hall–Kier alpha value is -7.12. The van der Waals surface area contributed by atoms with Crippen LogP contribution < -0.4 is 14.5 Å². The highest BCUT2D eigenvalue weighted by Crippen LogP contribution is 2.52. The number of oxazole rings is 2. The van der Waals surface area contributed by atoms with Crippen molar-refractivity contribution in [2.24, 2.45) is 0 Å². The largest absolute Gasteiger partial charge is 0.453 e. The van der Waals surface area contributed by atoms with Gasteiger partial charge in [0.2, 0.25) is 11.8 Å². The minimum Gasteiger partial charge on any atom is -0.453 e. The first-order valence-corrected chi connectivity index (χ1v) is 18.1. The molecule has 0 saturated carbocycles. The third kappa shape index (κ3) is 4.61. The molecule has 7 aromatic carbocycles. The monoisotopic (exact) mass is 700 g/mol. The number of fused-ring (bicyclic) bond motifs is 6. The molecule has 0 radical (unpaired) electrons. The first kappa shape index (κ1) is 30.5. The third-order valence-corrected chi connectivity index (χ3v) is 10.7. The maximum atomic E-state index is 6.32. The van der Waals surface area contributed by atoms with Crippen LogP contribution >= 0.6 is 0 Å². The lowest BCUT2D eigenvalue weighted by molar-refractivity contribution is 0.477. The SMILES string of the molecule is CC1(C)c2ccccc2N(c2ccc(-c3nc4cc5oc(-c6ccc(N7c8ccccc8Oc8ccccc87)cc6)nc5cc4o3)cc2)c2ccccc21. The molecule has 2 aromatic heterocycles. The summed E-state index contributed by atoms with van der Waals surface area (Å²) in [6, 6.07) is 53.9. The van der Waals surface area contributed by atoms with Crippen molar-refractivity contribution in [1.82, 2.24) is 9.97 Å². The molecule has 258 valence electrons. The van der Waals surface area contributed by atoms with E-state index in [2.05, 4.69) is 121 Å². The second-order valence-corrected chi connectivity index (χ2v) is 14.3. The van der Waals surface area contributed by atoms with E-state index in [0.717, 1.165) is 45.4 Å². The van der Waals surface area contributed by atoms with Gasteiger partial charge in [-0.3, -0.25) is 0 Å². The molecule has 0 saturated heterocycles. The molecule has 0 atom stereocenters. The van der Waals surface area contributed by atoms with Gasteiger partial charge in [-0.1, -0.05) is 74.5 Å².